The highest BCUT2D eigenvalue weighted by molar-refractivity contribution is 7.21. The molecule has 0 aromatic heterocycles. The third-order valence-electron chi connectivity index (χ3n) is 4.14. The van der Waals surface area contributed by atoms with Crippen molar-refractivity contribution in [2.24, 2.45) is 4.99 Å². The van der Waals surface area contributed by atoms with E-state index in [1.807, 2.05) is 0 Å². The molecule has 0 bridgehead atoms. The molecule has 0 saturated carbocycles. The molecule has 3 rings (SSSR count). The molecule has 0 fully saturated rings. The van der Waals surface area contributed by atoms with E-state index in [0.29, 0.717) is 0 Å². The maximum atomic E-state index is 4.84. The molecule has 0 amide bonds. The summed E-state index contributed by atoms with van der Waals surface area (Å²) in [4.78, 5) is 13.0. The van der Waals surface area contributed by atoms with Crippen LogP contribution in [0, 0.1) is 6.92 Å². The van der Waals surface area contributed by atoms with Gasteiger partial charge in [0.25, 0.3) is 0 Å². The highest BCUT2D eigenvalue weighted by Crippen LogP contribution is 2.32. The molecule has 0 saturated heterocycles. The van der Waals surface area contributed by atoms with E-state index in [0.717, 1.165) is 36.2 Å². The minimum Gasteiger partial charge on any atom is -0.372 e. The highest BCUT2D eigenvalue weighted by Gasteiger charge is 2.10. The number of nitrogens with zero attached hydrogens (tertiary/aromatic N) is 3. The van der Waals surface area contributed by atoms with Gasteiger partial charge < -0.3 is 4.90 Å². The van der Waals surface area contributed by atoms with Crippen LogP contribution in [0.1, 0.15) is 26.3 Å². The van der Waals surface area contributed by atoms with Crippen molar-refractivity contribution >= 4 is 27.2 Å². The molecule has 4 heteroatoms. The van der Waals surface area contributed by atoms with Crippen molar-refractivity contribution in [2.45, 2.75) is 27.7 Å². The van der Waals surface area contributed by atoms with Crippen molar-refractivity contribution in [3.8, 4) is 10.6 Å². The number of aromatic nitrogens is 1. The second-order valence-electron chi connectivity index (χ2n) is 5.62. The summed E-state index contributed by atoms with van der Waals surface area (Å²) in [5.41, 5.74) is 4.59. The standard InChI is InChI=1S/C19H23N3S/c1-5-20-16-12-19-17(10-13(16)4)21-15-9-8-14(11-18(15)23-19)22(6-2)7-3/h8-12H,5-7H2,1-4H3. The van der Waals surface area contributed by atoms with Gasteiger partial charge in [-0.1, -0.05) is 0 Å². The van der Waals surface area contributed by atoms with E-state index in [1.165, 1.54) is 20.8 Å². The largest absolute Gasteiger partial charge is 0.372 e. The van der Waals surface area contributed by atoms with Crippen molar-refractivity contribution in [2.75, 3.05) is 24.5 Å². The third-order valence-corrected chi connectivity index (χ3v) is 5.23. The second-order valence-corrected chi connectivity index (χ2v) is 6.70. The van der Waals surface area contributed by atoms with Crippen LogP contribution in [0.15, 0.2) is 35.3 Å². The van der Waals surface area contributed by atoms with Gasteiger partial charge in [-0.3, -0.25) is 4.99 Å². The number of hydrogen-bond donors (Lipinski definition) is 0. The molecule has 1 aromatic rings. The average Bonchev–Trinajstić information content (AvgIpc) is 2.55. The van der Waals surface area contributed by atoms with E-state index in [4.69, 9.17) is 4.98 Å². The molecular formula is C19H23N3S. The Morgan fingerprint density at radius 3 is 2.57 bits per heavy atom. The Bertz CT molecular complexity index is 862. The van der Waals surface area contributed by atoms with E-state index in [2.05, 4.69) is 67.9 Å². The molecule has 0 atom stereocenters. The van der Waals surface area contributed by atoms with Crippen molar-refractivity contribution in [1.82, 2.24) is 4.98 Å². The van der Waals surface area contributed by atoms with Gasteiger partial charge in [-0.05, 0) is 63.6 Å². The fourth-order valence-corrected chi connectivity index (χ4v) is 3.90. The zero-order valence-corrected chi connectivity index (χ0v) is 15.1. The number of hydrogen-bond acceptors (Lipinski definition) is 4. The van der Waals surface area contributed by atoms with Gasteiger partial charge in [-0.2, -0.15) is 0 Å². The van der Waals surface area contributed by atoms with E-state index >= 15 is 0 Å². The summed E-state index contributed by atoms with van der Waals surface area (Å²) in [7, 11) is 0. The molecule has 1 heterocycles. The average molecular weight is 325 g/mol. The van der Waals surface area contributed by atoms with Crippen molar-refractivity contribution in [3.63, 3.8) is 0 Å². The first-order chi connectivity index (χ1) is 11.2. The Morgan fingerprint density at radius 2 is 1.87 bits per heavy atom. The lowest BCUT2D eigenvalue weighted by atomic mass is 10.1. The molecule has 120 valence electrons. The van der Waals surface area contributed by atoms with Crippen molar-refractivity contribution in [1.29, 1.82) is 0 Å². The first-order valence-corrected chi connectivity index (χ1v) is 9.08. The number of rotatable bonds is 4. The van der Waals surface area contributed by atoms with Crippen LogP contribution in [-0.4, -0.2) is 24.6 Å². The zero-order valence-electron chi connectivity index (χ0n) is 14.3. The van der Waals surface area contributed by atoms with Crippen LogP contribution < -0.4 is 10.3 Å². The van der Waals surface area contributed by atoms with Crippen LogP contribution in [0.2, 0.25) is 0 Å². The van der Waals surface area contributed by atoms with Crippen LogP contribution >= 0.6 is 11.3 Å². The number of aryl methyl sites for hydroxylation is 1. The molecule has 0 unspecified atom stereocenters. The number of fused-ring (bicyclic) bond motifs is 2. The van der Waals surface area contributed by atoms with Crippen LogP contribution in [0.25, 0.3) is 20.8 Å². The van der Waals surface area contributed by atoms with Gasteiger partial charge in [0.1, 0.15) is 0 Å². The molecule has 0 spiro atoms. The van der Waals surface area contributed by atoms with Gasteiger partial charge in [0.05, 0.1) is 26.1 Å². The second kappa shape index (κ2) is 6.67. The Labute approximate surface area is 141 Å². The molecular weight excluding hydrogens is 302 g/mol. The van der Waals surface area contributed by atoms with Gasteiger partial charge >= 0.3 is 0 Å². The van der Waals surface area contributed by atoms with Crippen LogP contribution in [0.3, 0.4) is 0 Å². The molecule has 1 aromatic carbocycles. The lowest BCUT2D eigenvalue weighted by molar-refractivity contribution is 0.867. The van der Waals surface area contributed by atoms with Crippen molar-refractivity contribution in [3.05, 3.63) is 41.3 Å². The van der Waals surface area contributed by atoms with Gasteiger partial charge in [0.2, 0.25) is 0 Å². The third kappa shape index (κ3) is 3.08. The predicted octanol–water partition coefficient (Wildman–Crippen LogP) is 4.48. The highest BCUT2D eigenvalue weighted by atomic mass is 32.1. The van der Waals surface area contributed by atoms with E-state index in [-0.39, 0.29) is 0 Å². The minimum absolute atomic E-state index is 0.810. The molecule has 1 aliphatic carbocycles. The Hall–Kier alpha value is -1.94. The molecule has 3 nitrogen and oxygen atoms in total. The summed E-state index contributed by atoms with van der Waals surface area (Å²) in [5.74, 6) is 0. The predicted molar refractivity (Wildman–Crippen MR) is 101 cm³/mol. The van der Waals surface area contributed by atoms with Gasteiger partial charge in [0, 0.05) is 25.3 Å². The van der Waals surface area contributed by atoms with Crippen molar-refractivity contribution < 1.29 is 0 Å². The summed E-state index contributed by atoms with van der Waals surface area (Å²) in [6, 6.07) is 10.9. The zero-order chi connectivity index (χ0) is 16.4. The lowest BCUT2D eigenvalue weighted by Gasteiger charge is -2.21. The number of benzene rings is 2. The SMILES string of the molecule is CCN=c1cc2sc3cc(N(CC)CC)ccc3nc-2cc1C. The monoisotopic (exact) mass is 325 g/mol. The summed E-state index contributed by atoms with van der Waals surface area (Å²) in [6.45, 7) is 11.4. The van der Waals surface area contributed by atoms with E-state index in [1.54, 1.807) is 11.3 Å². The van der Waals surface area contributed by atoms with E-state index < -0.39 is 0 Å². The lowest BCUT2D eigenvalue weighted by Crippen LogP contribution is -2.21. The van der Waals surface area contributed by atoms with Crippen LogP contribution in [0.4, 0.5) is 5.69 Å². The normalized spacial score (nSPS) is 12.3. The molecule has 2 aliphatic rings. The maximum Gasteiger partial charge on any atom is 0.0813 e. The topological polar surface area (TPSA) is 28.5 Å². The quantitative estimate of drug-likeness (QED) is 0.662. The van der Waals surface area contributed by atoms with Gasteiger partial charge in [-0.25, -0.2) is 4.98 Å². The van der Waals surface area contributed by atoms with E-state index in [9.17, 15) is 0 Å². The Kier molecular flexibility index (Phi) is 4.62. The summed E-state index contributed by atoms with van der Waals surface area (Å²) < 4.78 is 1.23. The summed E-state index contributed by atoms with van der Waals surface area (Å²) in [5, 5.41) is 1.08. The van der Waals surface area contributed by atoms with Crippen LogP contribution in [0.5, 0.6) is 0 Å². The maximum absolute atomic E-state index is 4.84. The first kappa shape index (κ1) is 15.9. The fourth-order valence-electron chi connectivity index (χ4n) is 2.88. The van der Waals surface area contributed by atoms with Gasteiger partial charge in [0.15, 0.2) is 0 Å². The molecule has 0 radical (unpaired) electrons. The number of anilines is 1. The minimum atomic E-state index is 0.810. The molecule has 1 aliphatic heterocycles. The van der Waals surface area contributed by atoms with Crippen LogP contribution in [-0.2, 0) is 0 Å². The summed E-state index contributed by atoms with van der Waals surface area (Å²) >= 11 is 1.80. The smallest absolute Gasteiger partial charge is 0.0813 e. The Balaban J connectivity index is 2.21. The Morgan fingerprint density at radius 1 is 1.09 bits per heavy atom. The fraction of sp³-hybridized carbons (Fsp3) is 0.368. The summed E-state index contributed by atoms with van der Waals surface area (Å²) in [6.07, 6.45) is 0. The molecule has 23 heavy (non-hydrogen) atoms. The van der Waals surface area contributed by atoms with Gasteiger partial charge in [-0.15, -0.1) is 11.3 Å². The first-order valence-electron chi connectivity index (χ1n) is 8.27. The molecule has 0 N–H and O–H groups in total.